The van der Waals surface area contributed by atoms with E-state index >= 15 is 0 Å². The number of thiazole rings is 1. The zero-order valence-electron chi connectivity index (χ0n) is 14.7. The molecule has 0 spiro atoms. The van der Waals surface area contributed by atoms with E-state index in [1.807, 2.05) is 26.0 Å². The van der Waals surface area contributed by atoms with Crippen LogP contribution in [0.1, 0.15) is 26.8 Å². The molecule has 1 N–H and O–H groups in total. The average Bonchev–Trinajstić information content (AvgIpc) is 2.92. The number of fused-ring (bicyclic) bond motifs is 1. The Bertz CT molecular complexity index is 992. The highest BCUT2D eigenvalue weighted by molar-refractivity contribution is 7.16. The molecule has 0 aliphatic rings. The molecule has 0 aliphatic carbocycles. The van der Waals surface area contributed by atoms with E-state index in [0.29, 0.717) is 16.5 Å². The number of carbonyl (C=O) groups is 1. The summed E-state index contributed by atoms with van der Waals surface area (Å²) in [6.45, 7) is 5.62. The van der Waals surface area contributed by atoms with Crippen molar-refractivity contribution in [2.75, 3.05) is 5.32 Å². The van der Waals surface area contributed by atoms with E-state index in [2.05, 4.69) is 5.32 Å². The maximum Gasteiger partial charge on any atom is 0.308 e. The second kappa shape index (κ2) is 7.51. The summed E-state index contributed by atoms with van der Waals surface area (Å²) in [4.78, 5) is 24.5. The summed E-state index contributed by atoms with van der Waals surface area (Å²) in [6, 6.07) is 12.4. The molecule has 1 aromatic heterocycles. The van der Waals surface area contributed by atoms with Crippen LogP contribution in [0.3, 0.4) is 0 Å². The summed E-state index contributed by atoms with van der Waals surface area (Å²) in [7, 11) is 0. The number of halogens is 1. The van der Waals surface area contributed by atoms with Crippen molar-refractivity contribution in [3.8, 4) is 5.75 Å². The molecular weight excluding hydrogens is 372 g/mol. The number of benzene rings is 2. The van der Waals surface area contributed by atoms with Crippen LogP contribution in [-0.4, -0.2) is 16.6 Å². The Morgan fingerprint density at radius 3 is 2.50 bits per heavy atom. The third-order valence-electron chi connectivity index (χ3n) is 3.89. The van der Waals surface area contributed by atoms with Gasteiger partial charge in [0.1, 0.15) is 5.75 Å². The molecule has 3 rings (SSSR count). The van der Waals surface area contributed by atoms with E-state index in [9.17, 15) is 9.59 Å². The van der Waals surface area contributed by atoms with E-state index in [1.165, 1.54) is 11.3 Å². The van der Waals surface area contributed by atoms with Crippen LogP contribution in [0, 0.1) is 0 Å². The van der Waals surface area contributed by atoms with Gasteiger partial charge in [0.05, 0.1) is 10.2 Å². The summed E-state index contributed by atoms with van der Waals surface area (Å²) in [5.74, 6) is 0.301. The van der Waals surface area contributed by atoms with Crippen LogP contribution in [0.2, 0.25) is 5.02 Å². The van der Waals surface area contributed by atoms with Gasteiger partial charge in [0.15, 0.2) is 6.10 Å². The minimum atomic E-state index is -0.675. The maximum absolute atomic E-state index is 12.4. The first kappa shape index (κ1) is 18.5. The lowest BCUT2D eigenvalue weighted by molar-refractivity contribution is -0.122. The van der Waals surface area contributed by atoms with Crippen molar-refractivity contribution < 1.29 is 9.53 Å². The number of hydrogen-bond acceptors (Lipinski definition) is 4. The molecule has 5 nitrogen and oxygen atoms in total. The third-order valence-corrected chi connectivity index (χ3v) is 5.06. The van der Waals surface area contributed by atoms with Gasteiger partial charge in [0.25, 0.3) is 5.91 Å². The number of anilines is 1. The Morgan fingerprint density at radius 1 is 1.15 bits per heavy atom. The molecule has 0 saturated heterocycles. The highest BCUT2D eigenvalue weighted by Crippen LogP contribution is 2.24. The molecule has 7 heteroatoms. The smallest absolute Gasteiger partial charge is 0.308 e. The molecule has 26 heavy (non-hydrogen) atoms. The van der Waals surface area contributed by atoms with Gasteiger partial charge in [-0.1, -0.05) is 22.9 Å². The quantitative estimate of drug-likeness (QED) is 0.686. The predicted octanol–water partition coefficient (Wildman–Crippen LogP) is 4.70. The number of nitrogens with one attached hydrogen (secondary N) is 1. The zero-order valence-corrected chi connectivity index (χ0v) is 16.2. The number of hydrogen-bond donors (Lipinski definition) is 1. The molecule has 0 fully saturated rings. The maximum atomic E-state index is 12.4. The van der Waals surface area contributed by atoms with Crippen LogP contribution in [0.5, 0.6) is 5.75 Å². The molecule has 136 valence electrons. The largest absolute Gasteiger partial charge is 0.481 e. The van der Waals surface area contributed by atoms with Gasteiger partial charge < -0.3 is 10.1 Å². The molecule has 0 bridgehead atoms. The van der Waals surface area contributed by atoms with Gasteiger partial charge in [0.2, 0.25) is 0 Å². The van der Waals surface area contributed by atoms with Crippen LogP contribution in [0.15, 0.2) is 47.3 Å². The van der Waals surface area contributed by atoms with Gasteiger partial charge in [-0.05, 0) is 63.2 Å². The van der Waals surface area contributed by atoms with Crippen LogP contribution in [-0.2, 0) is 4.79 Å². The van der Waals surface area contributed by atoms with Crippen LogP contribution >= 0.6 is 22.9 Å². The fourth-order valence-corrected chi connectivity index (χ4v) is 3.80. The minimum Gasteiger partial charge on any atom is -0.481 e. The minimum absolute atomic E-state index is 0.00193. The summed E-state index contributed by atoms with van der Waals surface area (Å²) in [6.07, 6.45) is -0.675. The van der Waals surface area contributed by atoms with Gasteiger partial charge in [-0.3, -0.25) is 14.2 Å². The van der Waals surface area contributed by atoms with E-state index in [4.69, 9.17) is 16.3 Å². The Hall–Kier alpha value is -2.31. The zero-order chi connectivity index (χ0) is 18.8. The first-order valence-electron chi connectivity index (χ1n) is 8.23. The Labute approximate surface area is 160 Å². The topological polar surface area (TPSA) is 60.3 Å². The molecule has 2 aromatic carbocycles. The number of aromatic nitrogens is 1. The monoisotopic (exact) mass is 390 g/mol. The molecular formula is C19H19ClN2O3S. The number of rotatable bonds is 5. The molecule has 1 heterocycles. The van der Waals surface area contributed by atoms with Crippen molar-refractivity contribution in [2.24, 2.45) is 0 Å². The SMILES string of the molecule is CC(C)n1c(=O)sc2cc(NC(=O)[C@H](C)Oc3ccc(Cl)cc3)ccc21. The van der Waals surface area contributed by atoms with Crippen molar-refractivity contribution >= 4 is 44.7 Å². The highest BCUT2D eigenvalue weighted by atomic mass is 35.5. The number of carbonyl (C=O) groups excluding carboxylic acids is 1. The normalized spacial score (nSPS) is 12.3. The fraction of sp³-hybridized carbons (Fsp3) is 0.263. The Morgan fingerprint density at radius 2 is 1.85 bits per heavy atom. The number of ether oxygens (including phenoxy) is 1. The van der Waals surface area contributed by atoms with Crippen molar-refractivity contribution in [1.82, 2.24) is 4.57 Å². The van der Waals surface area contributed by atoms with Crippen molar-refractivity contribution in [3.05, 3.63) is 57.2 Å². The second-order valence-corrected chi connectivity index (χ2v) is 7.65. The number of nitrogens with zero attached hydrogens (tertiary/aromatic N) is 1. The van der Waals surface area contributed by atoms with Gasteiger partial charge in [-0.15, -0.1) is 0 Å². The predicted molar refractivity (Wildman–Crippen MR) is 107 cm³/mol. The van der Waals surface area contributed by atoms with Crippen LogP contribution in [0.4, 0.5) is 5.69 Å². The van der Waals surface area contributed by atoms with Gasteiger partial charge in [-0.25, -0.2) is 0 Å². The summed E-state index contributed by atoms with van der Waals surface area (Å²) in [5.41, 5.74) is 1.50. The first-order chi connectivity index (χ1) is 12.3. The van der Waals surface area contributed by atoms with Crippen molar-refractivity contribution in [2.45, 2.75) is 32.9 Å². The van der Waals surface area contributed by atoms with Crippen molar-refractivity contribution in [1.29, 1.82) is 0 Å². The lowest BCUT2D eigenvalue weighted by Crippen LogP contribution is -2.30. The van der Waals surface area contributed by atoms with Crippen molar-refractivity contribution in [3.63, 3.8) is 0 Å². The summed E-state index contributed by atoms with van der Waals surface area (Å²) < 4.78 is 8.21. The van der Waals surface area contributed by atoms with Crippen LogP contribution in [0.25, 0.3) is 10.2 Å². The molecule has 0 radical (unpaired) electrons. The van der Waals surface area contributed by atoms with E-state index in [0.717, 1.165) is 10.2 Å². The average molecular weight is 391 g/mol. The van der Waals surface area contributed by atoms with Crippen LogP contribution < -0.4 is 14.9 Å². The fourth-order valence-electron chi connectivity index (χ4n) is 2.62. The number of amides is 1. The molecule has 1 amide bonds. The molecule has 0 unspecified atom stereocenters. The summed E-state index contributed by atoms with van der Waals surface area (Å²) in [5, 5.41) is 3.44. The standard InChI is InChI=1S/C19H19ClN2O3S/c1-11(2)22-16-9-6-14(10-17(16)26-19(22)24)21-18(23)12(3)25-15-7-4-13(20)5-8-15/h4-12H,1-3H3,(H,21,23)/t12-/m0/s1. The van der Waals surface area contributed by atoms with Gasteiger partial charge in [0, 0.05) is 16.8 Å². The second-order valence-electron chi connectivity index (χ2n) is 6.22. The molecule has 3 aromatic rings. The summed E-state index contributed by atoms with van der Waals surface area (Å²) >= 11 is 7.01. The van der Waals surface area contributed by atoms with Gasteiger partial charge in [-0.2, -0.15) is 0 Å². The van der Waals surface area contributed by atoms with Gasteiger partial charge >= 0.3 is 4.87 Å². The molecule has 0 saturated carbocycles. The first-order valence-corrected chi connectivity index (χ1v) is 9.43. The Balaban J connectivity index is 1.74. The molecule has 0 aliphatic heterocycles. The lowest BCUT2D eigenvalue weighted by Gasteiger charge is -2.15. The molecule has 1 atom stereocenters. The van der Waals surface area contributed by atoms with E-state index < -0.39 is 6.10 Å². The van der Waals surface area contributed by atoms with E-state index in [1.54, 1.807) is 41.8 Å². The highest BCUT2D eigenvalue weighted by Gasteiger charge is 2.16. The lowest BCUT2D eigenvalue weighted by atomic mass is 10.2. The third kappa shape index (κ3) is 3.92. The Kier molecular flexibility index (Phi) is 5.34. The van der Waals surface area contributed by atoms with E-state index in [-0.39, 0.29) is 16.8 Å².